The molecule has 1 aromatic rings. The van der Waals surface area contributed by atoms with E-state index in [2.05, 4.69) is 0 Å². The van der Waals surface area contributed by atoms with Crippen molar-refractivity contribution in [2.45, 2.75) is 25.4 Å². The van der Waals surface area contributed by atoms with Crippen LogP contribution in [0.3, 0.4) is 0 Å². The van der Waals surface area contributed by atoms with Crippen LogP contribution in [0.2, 0.25) is 5.02 Å². The van der Waals surface area contributed by atoms with E-state index in [1.54, 1.807) is 32.9 Å². The number of nitrogens with zero attached hydrogens (tertiary/aromatic N) is 3. The fourth-order valence-electron chi connectivity index (χ4n) is 4.15. The van der Waals surface area contributed by atoms with E-state index < -0.39 is 0 Å². The predicted molar refractivity (Wildman–Crippen MR) is 104 cm³/mol. The summed E-state index contributed by atoms with van der Waals surface area (Å²) in [4.78, 5) is 43.0. The molecule has 0 saturated carbocycles. The Morgan fingerprint density at radius 2 is 1.79 bits per heavy atom. The molecule has 0 spiro atoms. The highest BCUT2D eigenvalue weighted by atomic mass is 35.5. The summed E-state index contributed by atoms with van der Waals surface area (Å²) in [5.74, 6) is -0.394. The van der Waals surface area contributed by atoms with Crippen LogP contribution in [0.15, 0.2) is 24.3 Å². The van der Waals surface area contributed by atoms with Crippen LogP contribution in [-0.2, 0) is 19.1 Å². The zero-order valence-electron chi connectivity index (χ0n) is 15.7. The van der Waals surface area contributed by atoms with Crippen molar-refractivity contribution in [1.29, 1.82) is 0 Å². The first-order valence-corrected chi connectivity index (χ1v) is 10.2. The van der Waals surface area contributed by atoms with Gasteiger partial charge in [-0.15, -0.1) is 0 Å². The summed E-state index contributed by atoms with van der Waals surface area (Å²) in [5.41, 5.74) is 0.722. The minimum absolute atomic E-state index is 0.0120. The van der Waals surface area contributed by atoms with Crippen LogP contribution in [0, 0.1) is 5.92 Å². The lowest BCUT2D eigenvalue weighted by Crippen LogP contribution is -2.54. The van der Waals surface area contributed by atoms with E-state index in [1.165, 1.54) is 0 Å². The lowest BCUT2D eigenvalue weighted by molar-refractivity contribution is -0.147. The molecule has 0 N–H and O–H groups in total. The third-order valence-corrected chi connectivity index (χ3v) is 5.94. The number of carbonyl (C=O) groups is 3. The minimum Gasteiger partial charge on any atom is -0.368 e. The van der Waals surface area contributed by atoms with Gasteiger partial charge in [-0.2, -0.15) is 0 Å². The van der Waals surface area contributed by atoms with E-state index in [4.69, 9.17) is 16.3 Å². The standard InChI is InChI=1S/C20H24ClN3O4/c21-15-3-1-4-16(12-15)24-13-14(11-18(24)25)19(26)22-6-8-23(9-7-22)20(27)17-5-2-10-28-17/h1,3-4,12,14,17H,2,5-11,13H2. The number of benzene rings is 1. The van der Waals surface area contributed by atoms with Crippen molar-refractivity contribution in [1.82, 2.24) is 9.80 Å². The van der Waals surface area contributed by atoms with Crippen molar-refractivity contribution in [3.8, 4) is 0 Å². The number of carbonyl (C=O) groups excluding carboxylic acids is 3. The van der Waals surface area contributed by atoms with Gasteiger partial charge in [-0.3, -0.25) is 14.4 Å². The Morgan fingerprint density at radius 1 is 1.07 bits per heavy atom. The van der Waals surface area contributed by atoms with Crippen LogP contribution in [-0.4, -0.2) is 73.0 Å². The summed E-state index contributed by atoms with van der Waals surface area (Å²) < 4.78 is 5.47. The van der Waals surface area contributed by atoms with Gasteiger partial charge in [-0.25, -0.2) is 0 Å². The molecule has 4 rings (SSSR count). The van der Waals surface area contributed by atoms with Gasteiger partial charge in [0.2, 0.25) is 11.8 Å². The van der Waals surface area contributed by atoms with Gasteiger partial charge in [0.05, 0.1) is 5.92 Å². The van der Waals surface area contributed by atoms with E-state index in [0.717, 1.165) is 18.5 Å². The van der Waals surface area contributed by atoms with Gasteiger partial charge in [0, 0.05) is 56.5 Å². The van der Waals surface area contributed by atoms with E-state index >= 15 is 0 Å². The third-order valence-electron chi connectivity index (χ3n) is 5.70. The number of hydrogen-bond donors (Lipinski definition) is 0. The topological polar surface area (TPSA) is 70.2 Å². The summed E-state index contributed by atoms with van der Waals surface area (Å²) in [6, 6.07) is 7.11. The highest BCUT2D eigenvalue weighted by Crippen LogP contribution is 2.28. The van der Waals surface area contributed by atoms with Gasteiger partial charge >= 0.3 is 0 Å². The van der Waals surface area contributed by atoms with Crippen LogP contribution >= 0.6 is 11.6 Å². The van der Waals surface area contributed by atoms with E-state index in [-0.39, 0.29) is 36.2 Å². The number of amides is 3. The fourth-order valence-corrected chi connectivity index (χ4v) is 4.33. The molecule has 2 atom stereocenters. The Hall–Kier alpha value is -2.12. The Balaban J connectivity index is 1.33. The van der Waals surface area contributed by atoms with Crippen molar-refractivity contribution < 1.29 is 19.1 Å². The predicted octanol–water partition coefficient (Wildman–Crippen LogP) is 1.54. The molecule has 3 aliphatic heterocycles. The van der Waals surface area contributed by atoms with E-state index in [0.29, 0.717) is 44.4 Å². The quantitative estimate of drug-likeness (QED) is 0.765. The molecule has 7 nitrogen and oxygen atoms in total. The van der Waals surface area contributed by atoms with Crippen molar-refractivity contribution in [2.75, 3.05) is 44.2 Å². The number of piperazine rings is 1. The number of anilines is 1. The smallest absolute Gasteiger partial charge is 0.251 e. The molecule has 8 heteroatoms. The average Bonchev–Trinajstić information content (AvgIpc) is 3.37. The summed E-state index contributed by atoms with van der Waals surface area (Å²) in [6.07, 6.45) is 1.59. The number of ether oxygens (including phenoxy) is 1. The fraction of sp³-hybridized carbons (Fsp3) is 0.550. The zero-order valence-corrected chi connectivity index (χ0v) is 16.4. The van der Waals surface area contributed by atoms with Gasteiger partial charge in [0.25, 0.3) is 5.91 Å². The summed E-state index contributed by atoms with van der Waals surface area (Å²) in [5, 5.41) is 0.562. The second kappa shape index (κ2) is 8.09. The second-order valence-electron chi connectivity index (χ2n) is 7.54. The van der Waals surface area contributed by atoms with Crippen LogP contribution in [0.5, 0.6) is 0 Å². The molecular formula is C20H24ClN3O4. The summed E-state index contributed by atoms with van der Waals surface area (Å²) in [7, 11) is 0. The molecule has 0 aliphatic carbocycles. The van der Waals surface area contributed by atoms with Crippen molar-refractivity contribution in [3.05, 3.63) is 29.3 Å². The molecule has 0 radical (unpaired) electrons. The van der Waals surface area contributed by atoms with Gasteiger partial charge in [-0.05, 0) is 31.0 Å². The first-order chi connectivity index (χ1) is 13.5. The summed E-state index contributed by atoms with van der Waals surface area (Å²) in [6.45, 7) is 3.05. The van der Waals surface area contributed by atoms with Crippen LogP contribution < -0.4 is 4.90 Å². The zero-order chi connectivity index (χ0) is 19.7. The van der Waals surface area contributed by atoms with Crippen molar-refractivity contribution >= 4 is 35.0 Å². The first kappa shape index (κ1) is 19.2. The molecule has 2 unspecified atom stereocenters. The second-order valence-corrected chi connectivity index (χ2v) is 7.97. The molecule has 3 heterocycles. The molecule has 0 aromatic heterocycles. The Bertz CT molecular complexity index is 772. The summed E-state index contributed by atoms with van der Waals surface area (Å²) >= 11 is 6.02. The van der Waals surface area contributed by atoms with E-state index in [9.17, 15) is 14.4 Å². The van der Waals surface area contributed by atoms with Gasteiger partial charge < -0.3 is 19.4 Å². The maximum absolute atomic E-state index is 12.9. The molecular weight excluding hydrogens is 382 g/mol. The molecule has 3 aliphatic rings. The lowest BCUT2D eigenvalue weighted by atomic mass is 10.1. The normalized spacial score (nSPS) is 25.5. The number of halogens is 1. The molecule has 3 saturated heterocycles. The maximum atomic E-state index is 12.9. The molecule has 28 heavy (non-hydrogen) atoms. The minimum atomic E-state index is -0.355. The van der Waals surface area contributed by atoms with Crippen molar-refractivity contribution in [3.63, 3.8) is 0 Å². The van der Waals surface area contributed by atoms with E-state index in [1.807, 2.05) is 6.07 Å². The first-order valence-electron chi connectivity index (χ1n) is 9.78. The largest absolute Gasteiger partial charge is 0.368 e. The number of rotatable bonds is 3. The molecule has 3 fully saturated rings. The maximum Gasteiger partial charge on any atom is 0.251 e. The highest BCUT2D eigenvalue weighted by Gasteiger charge is 2.39. The third kappa shape index (κ3) is 3.86. The van der Waals surface area contributed by atoms with Gasteiger partial charge in [0.15, 0.2) is 0 Å². The molecule has 1 aromatic carbocycles. The van der Waals surface area contributed by atoms with Crippen LogP contribution in [0.4, 0.5) is 5.69 Å². The molecule has 150 valence electrons. The highest BCUT2D eigenvalue weighted by molar-refractivity contribution is 6.31. The average molecular weight is 406 g/mol. The molecule has 0 bridgehead atoms. The van der Waals surface area contributed by atoms with Gasteiger partial charge in [-0.1, -0.05) is 17.7 Å². The Kier molecular flexibility index (Phi) is 5.55. The SMILES string of the molecule is O=C(C1CC(=O)N(c2cccc(Cl)c2)C1)N1CCN(C(=O)C2CCCO2)CC1. The van der Waals surface area contributed by atoms with Crippen LogP contribution in [0.1, 0.15) is 19.3 Å². The monoisotopic (exact) mass is 405 g/mol. The lowest BCUT2D eigenvalue weighted by Gasteiger charge is -2.36. The molecule has 3 amide bonds. The Morgan fingerprint density at radius 3 is 2.43 bits per heavy atom. The Labute approximate surface area is 169 Å². The number of hydrogen-bond acceptors (Lipinski definition) is 4. The van der Waals surface area contributed by atoms with Gasteiger partial charge in [0.1, 0.15) is 6.10 Å². The van der Waals surface area contributed by atoms with Crippen LogP contribution in [0.25, 0.3) is 0 Å². The van der Waals surface area contributed by atoms with Crippen molar-refractivity contribution in [2.24, 2.45) is 5.92 Å².